The molecule has 3 aliphatic heterocycles. The highest BCUT2D eigenvalue weighted by molar-refractivity contribution is 6.10. The molecule has 2 aromatic carbocycles. The molecule has 0 spiro atoms. The van der Waals surface area contributed by atoms with Crippen LogP contribution in [0.4, 0.5) is 0 Å². The summed E-state index contributed by atoms with van der Waals surface area (Å²) in [5, 5.41) is 102. The lowest BCUT2D eigenvalue weighted by molar-refractivity contribution is -0.150. The Labute approximate surface area is 188 Å². The molecule has 2 aromatic rings. The van der Waals surface area contributed by atoms with E-state index in [9.17, 15) is 60.7 Å². The zero-order chi connectivity index (χ0) is 25.2. The molecule has 0 aromatic heterocycles. The molecule has 14 heteroatoms. The molecule has 0 saturated heterocycles. The summed E-state index contributed by atoms with van der Waals surface area (Å²) in [6.07, 6.45) is -10.4. The third-order valence-electron chi connectivity index (χ3n) is 5.72. The van der Waals surface area contributed by atoms with Crippen molar-refractivity contribution in [3.8, 4) is 45.6 Å². The molecular weight excluding hydrogens is 464 g/mol. The van der Waals surface area contributed by atoms with Crippen molar-refractivity contribution in [2.75, 3.05) is 6.61 Å². The van der Waals surface area contributed by atoms with Crippen LogP contribution >= 0.6 is 0 Å². The lowest BCUT2D eigenvalue weighted by atomic mass is 9.82. The van der Waals surface area contributed by atoms with Gasteiger partial charge in [0.15, 0.2) is 35.2 Å². The van der Waals surface area contributed by atoms with E-state index >= 15 is 0 Å². The van der Waals surface area contributed by atoms with E-state index in [1.807, 2.05) is 0 Å². The van der Waals surface area contributed by atoms with Gasteiger partial charge in [-0.25, -0.2) is 9.59 Å². The Morgan fingerprint density at radius 3 is 2.03 bits per heavy atom. The number of hydrogen-bond acceptors (Lipinski definition) is 14. The minimum Gasteiger partial charge on any atom is -0.504 e. The molecule has 5 atom stereocenters. The van der Waals surface area contributed by atoms with E-state index in [1.54, 1.807) is 0 Å². The van der Waals surface area contributed by atoms with E-state index in [4.69, 9.17) is 9.47 Å². The third-order valence-corrected chi connectivity index (χ3v) is 5.72. The fourth-order valence-corrected chi connectivity index (χ4v) is 4.03. The first-order chi connectivity index (χ1) is 15.9. The van der Waals surface area contributed by atoms with Crippen molar-refractivity contribution in [3.63, 3.8) is 0 Å². The van der Waals surface area contributed by atoms with E-state index in [1.165, 1.54) is 0 Å². The summed E-state index contributed by atoms with van der Waals surface area (Å²) in [7, 11) is 0. The fraction of sp³-hybridized carbons (Fsp3) is 0.300. The van der Waals surface area contributed by atoms with Gasteiger partial charge in [-0.3, -0.25) is 0 Å². The SMILES string of the molecule is O=C1O[C@@H]([C@H](O)[C@H](O)CO)[C@@H]2OC(=O)c3c(c(O)c(O)c(O)c3[C@H]2O)-c2c1cc(O)c(O)c2O. The lowest BCUT2D eigenvalue weighted by Crippen LogP contribution is -2.53. The summed E-state index contributed by atoms with van der Waals surface area (Å²) in [5.74, 6) is -10.2. The number of phenolic OH excluding ortho intramolecular Hbond substituents is 6. The normalized spacial score (nSPS) is 23.0. The molecule has 3 aliphatic rings. The Bertz CT molecular complexity index is 1220. The molecule has 182 valence electrons. The van der Waals surface area contributed by atoms with Crippen LogP contribution in [0.2, 0.25) is 0 Å². The number of ether oxygens (including phenoxy) is 2. The number of carbonyl (C=O) groups excluding carboxylic acids is 2. The van der Waals surface area contributed by atoms with Crippen molar-refractivity contribution in [1.29, 1.82) is 0 Å². The number of benzene rings is 2. The molecule has 14 nitrogen and oxygen atoms in total. The number of esters is 2. The van der Waals surface area contributed by atoms with Gasteiger partial charge in [-0.15, -0.1) is 0 Å². The molecular formula is C20H18O14. The van der Waals surface area contributed by atoms with E-state index in [0.29, 0.717) is 6.07 Å². The van der Waals surface area contributed by atoms with Crippen molar-refractivity contribution in [2.24, 2.45) is 0 Å². The number of aliphatic hydroxyl groups excluding tert-OH is 4. The van der Waals surface area contributed by atoms with Crippen molar-refractivity contribution in [2.45, 2.75) is 30.5 Å². The Morgan fingerprint density at radius 2 is 1.41 bits per heavy atom. The second-order valence-electron chi connectivity index (χ2n) is 7.65. The van der Waals surface area contributed by atoms with E-state index in [2.05, 4.69) is 0 Å². The Hall–Kier alpha value is -3.98. The lowest BCUT2D eigenvalue weighted by Gasteiger charge is -2.39. The van der Waals surface area contributed by atoms with Crippen LogP contribution in [0.5, 0.6) is 34.5 Å². The molecule has 5 rings (SSSR count). The number of aliphatic hydroxyl groups is 4. The first-order valence-corrected chi connectivity index (χ1v) is 9.58. The first-order valence-electron chi connectivity index (χ1n) is 9.58. The standard InChI is InChI=1S/C20H18O14/c21-2-5(23)11(25)17-18-15(29)9-8(20(32)34-18)7(13(27)16(30)14(9)28)6-3(19(31)33-17)1-4(22)10(24)12(6)26/h1,5,11,15,17-18,21-30H,2H2/t5-,11-,15-,17+,18-/m1/s1. The van der Waals surface area contributed by atoms with Gasteiger partial charge in [-0.05, 0) is 6.07 Å². The maximum Gasteiger partial charge on any atom is 0.339 e. The van der Waals surface area contributed by atoms with Gasteiger partial charge in [-0.2, -0.15) is 0 Å². The second-order valence-corrected chi connectivity index (χ2v) is 7.65. The number of aromatic hydroxyl groups is 6. The molecule has 0 saturated carbocycles. The summed E-state index contributed by atoms with van der Waals surface area (Å²) in [6, 6.07) is 0.575. The van der Waals surface area contributed by atoms with Crippen molar-refractivity contribution >= 4 is 11.9 Å². The van der Waals surface area contributed by atoms with Crippen LogP contribution in [0.15, 0.2) is 6.07 Å². The van der Waals surface area contributed by atoms with Crippen LogP contribution in [0, 0.1) is 0 Å². The van der Waals surface area contributed by atoms with E-state index in [0.717, 1.165) is 0 Å². The van der Waals surface area contributed by atoms with Gasteiger partial charge >= 0.3 is 11.9 Å². The summed E-state index contributed by atoms with van der Waals surface area (Å²) >= 11 is 0. The highest BCUT2D eigenvalue weighted by Gasteiger charge is 2.51. The minimum absolute atomic E-state index is 0.575. The Kier molecular flexibility index (Phi) is 5.32. The maximum absolute atomic E-state index is 13.0. The highest BCUT2D eigenvalue weighted by atomic mass is 16.6. The molecule has 0 radical (unpaired) electrons. The predicted molar refractivity (Wildman–Crippen MR) is 104 cm³/mol. The van der Waals surface area contributed by atoms with E-state index in [-0.39, 0.29) is 0 Å². The highest BCUT2D eigenvalue weighted by Crippen LogP contribution is 2.57. The molecule has 34 heavy (non-hydrogen) atoms. The first kappa shape index (κ1) is 23.2. The van der Waals surface area contributed by atoms with Gasteiger partial charge in [0, 0.05) is 16.7 Å². The summed E-state index contributed by atoms with van der Waals surface area (Å²) in [5.41, 5.74) is -4.13. The monoisotopic (exact) mass is 482 g/mol. The minimum atomic E-state index is -2.18. The molecule has 0 amide bonds. The second kappa shape index (κ2) is 7.81. The Morgan fingerprint density at radius 1 is 0.794 bits per heavy atom. The summed E-state index contributed by atoms with van der Waals surface area (Å²) < 4.78 is 10.2. The number of fused-ring (bicyclic) bond motifs is 3. The van der Waals surface area contributed by atoms with Crippen LogP contribution in [-0.4, -0.2) is 94.0 Å². The predicted octanol–water partition coefficient (Wildman–Crippen LogP) is -1.59. The molecule has 0 aliphatic carbocycles. The molecule has 0 unspecified atom stereocenters. The number of rotatable bonds is 3. The van der Waals surface area contributed by atoms with Crippen LogP contribution in [0.25, 0.3) is 11.1 Å². The van der Waals surface area contributed by atoms with Gasteiger partial charge < -0.3 is 60.5 Å². The average molecular weight is 482 g/mol. The van der Waals surface area contributed by atoms with Crippen molar-refractivity contribution in [3.05, 3.63) is 22.8 Å². The smallest absolute Gasteiger partial charge is 0.339 e. The third kappa shape index (κ3) is 3.04. The molecule has 0 fully saturated rings. The number of phenols is 6. The quantitative estimate of drug-likeness (QED) is 0.175. The van der Waals surface area contributed by atoms with Gasteiger partial charge in [0.25, 0.3) is 0 Å². The van der Waals surface area contributed by atoms with Crippen LogP contribution in [-0.2, 0) is 9.47 Å². The van der Waals surface area contributed by atoms with Crippen LogP contribution in [0.1, 0.15) is 32.4 Å². The van der Waals surface area contributed by atoms with Crippen molar-refractivity contribution < 1.29 is 70.1 Å². The summed E-state index contributed by atoms with van der Waals surface area (Å²) in [4.78, 5) is 25.9. The average Bonchev–Trinajstić information content (AvgIpc) is 2.80. The summed E-state index contributed by atoms with van der Waals surface area (Å²) in [6.45, 7) is -1.06. The number of hydrogen-bond donors (Lipinski definition) is 10. The molecule has 10 N–H and O–H groups in total. The van der Waals surface area contributed by atoms with E-state index < -0.39 is 111 Å². The molecule has 4 bridgehead atoms. The zero-order valence-corrected chi connectivity index (χ0v) is 16.8. The van der Waals surface area contributed by atoms with Gasteiger partial charge in [-0.1, -0.05) is 0 Å². The van der Waals surface area contributed by atoms with Gasteiger partial charge in [0.2, 0.25) is 11.5 Å². The molecule has 3 heterocycles. The van der Waals surface area contributed by atoms with Gasteiger partial charge in [0.1, 0.15) is 18.3 Å². The topological polar surface area (TPSA) is 255 Å². The largest absolute Gasteiger partial charge is 0.504 e. The van der Waals surface area contributed by atoms with Crippen LogP contribution in [0.3, 0.4) is 0 Å². The fourth-order valence-electron chi connectivity index (χ4n) is 4.03. The van der Waals surface area contributed by atoms with Crippen molar-refractivity contribution in [1.82, 2.24) is 0 Å². The maximum atomic E-state index is 13.0. The van der Waals surface area contributed by atoms with Crippen LogP contribution < -0.4 is 0 Å². The van der Waals surface area contributed by atoms with Gasteiger partial charge in [0.05, 0.1) is 17.7 Å². The Balaban J connectivity index is 2.17. The number of carbonyl (C=O) groups is 2. The zero-order valence-electron chi connectivity index (χ0n) is 16.8.